The maximum atomic E-state index is 14.0. The lowest BCUT2D eigenvalue weighted by Crippen LogP contribution is -2.52. The van der Waals surface area contributed by atoms with Crippen molar-refractivity contribution in [1.82, 2.24) is 15.6 Å². The van der Waals surface area contributed by atoms with Crippen LogP contribution in [0.3, 0.4) is 0 Å². The Hall–Kier alpha value is -3.94. The molecule has 3 aromatic rings. The molecule has 0 aliphatic heterocycles. The molecule has 0 saturated heterocycles. The number of rotatable bonds is 19. The van der Waals surface area contributed by atoms with Gasteiger partial charge >= 0.3 is 5.97 Å². The van der Waals surface area contributed by atoms with E-state index in [0.717, 1.165) is 48.0 Å². The maximum Gasteiger partial charge on any atom is 0.330 e. The second-order valence-corrected chi connectivity index (χ2v) is 14.2. The van der Waals surface area contributed by atoms with E-state index < -0.39 is 68.1 Å². The van der Waals surface area contributed by atoms with E-state index >= 15 is 0 Å². The number of aromatic nitrogens is 1. The number of nitrogens with one attached hydrogen (secondary N) is 3. The zero-order valence-corrected chi connectivity index (χ0v) is 28.5. The number of esters is 1. The molecule has 13 heteroatoms. The first-order chi connectivity index (χ1) is 22.8. The largest absolute Gasteiger partial charge is 0.458 e. The van der Waals surface area contributed by atoms with Crippen molar-refractivity contribution < 1.29 is 31.5 Å². The normalized spacial score (nSPS) is 13.6. The zero-order valence-electron chi connectivity index (χ0n) is 27.6. The van der Waals surface area contributed by atoms with Crippen molar-refractivity contribution in [2.24, 2.45) is 5.73 Å². The fourth-order valence-electron chi connectivity index (χ4n) is 5.44. The van der Waals surface area contributed by atoms with Crippen LogP contribution in [-0.2, 0) is 38.8 Å². The van der Waals surface area contributed by atoms with Gasteiger partial charge in [0.25, 0.3) is 5.91 Å². The predicted molar refractivity (Wildman–Crippen MR) is 181 cm³/mol. The average Bonchev–Trinajstić information content (AvgIpc) is 3.03. The Kier molecular flexibility index (Phi) is 14.9. The molecule has 3 rings (SSSR count). The fraction of sp³-hybridized carbons (Fsp3) is 0.457. The molecule has 10 nitrogen and oxygen atoms in total. The summed E-state index contributed by atoms with van der Waals surface area (Å²) in [7, 11) is -3.90. The van der Waals surface area contributed by atoms with Crippen LogP contribution in [-0.4, -0.2) is 61.0 Å². The molecule has 48 heavy (non-hydrogen) atoms. The van der Waals surface area contributed by atoms with Gasteiger partial charge in [0.05, 0.1) is 16.6 Å². The van der Waals surface area contributed by atoms with Crippen LogP contribution < -0.4 is 21.9 Å². The van der Waals surface area contributed by atoms with E-state index in [0.29, 0.717) is 32.2 Å². The van der Waals surface area contributed by atoms with Crippen LogP contribution in [0.4, 0.5) is 8.78 Å². The number of halogens is 2. The molecule has 262 valence electrons. The van der Waals surface area contributed by atoms with Crippen LogP contribution in [0.1, 0.15) is 73.5 Å². The van der Waals surface area contributed by atoms with E-state index in [4.69, 9.17) is 10.5 Å². The smallest absolute Gasteiger partial charge is 0.330 e. The number of H-pyrrole nitrogens is 1. The van der Waals surface area contributed by atoms with Gasteiger partial charge in [0.1, 0.15) is 23.8 Å². The number of aromatic amines is 1. The van der Waals surface area contributed by atoms with Crippen LogP contribution in [0.5, 0.6) is 0 Å². The number of amides is 1. The Bertz CT molecular complexity index is 1640. The third kappa shape index (κ3) is 11.9. The van der Waals surface area contributed by atoms with Gasteiger partial charge in [0.2, 0.25) is 5.56 Å². The number of pyridine rings is 1. The van der Waals surface area contributed by atoms with Crippen molar-refractivity contribution >= 4 is 21.7 Å². The van der Waals surface area contributed by atoms with E-state index in [1.165, 1.54) is 6.07 Å². The highest BCUT2D eigenvalue weighted by Crippen LogP contribution is 2.18. The minimum atomic E-state index is -3.90. The predicted octanol–water partition coefficient (Wildman–Crippen LogP) is 3.97. The number of ether oxygens (including phenoxy) is 1. The molecule has 0 spiro atoms. The molecule has 1 amide bonds. The quantitative estimate of drug-likeness (QED) is 0.138. The van der Waals surface area contributed by atoms with Crippen LogP contribution in [0.2, 0.25) is 0 Å². The lowest BCUT2D eigenvalue weighted by molar-refractivity contribution is -0.151. The summed E-state index contributed by atoms with van der Waals surface area (Å²) in [5.41, 5.74) is 8.38. The molecule has 1 heterocycles. The third-order valence-corrected chi connectivity index (χ3v) is 10.3. The zero-order chi connectivity index (χ0) is 35.3. The Morgan fingerprint density at radius 1 is 0.938 bits per heavy atom. The molecular formula is C35H46F2N4O6S. The number of carbonyl (C=O) groups is 2. The SMILES string of the molecule is CCCC(CCC)S(=O)(=O)CC(NC(=O)c1ccc(=O)[nH]c1)C(=O)O[C@H](CNCc1cccc(CC)c1)[C@@H](N)Cc1cc(F)cc(F)c1. The van der Waals surface area contributed by atoms with Crippen molar-refractivity contribution in [3.05, 3.63) is 105 Å². The number of hydrogen-bond acceptors (Lipinski definition) is 8. The molecule has 0 aliphatic rings. The summed E-state index contributed by atoms with van der Waals surface area (Å²) in [5, 5.41) is 4.96. The van der Waals surface area contributed by atoms with Crippen molar-refractivity contribution in [3.8, 4) is 0 Å². The number of nitrogens with two attached hydrogens (primary N) is 1. The van der Waals surface area contributed by atoms with Crippen LogP contribution in [0, 0.1) is 11.6 Å². The number of sulfone groups is 1. The number of carbonyl (C=O) groups excluding carboxylic acids is 2. The third-order valence-electron chi connectivity index (χ3n) is 7.98. The van der Waals surface area contributed by atoms with Crippen LogP contribution in [0.25, 0.3) is 0 Å². The van der Waals surface area contributed by atoms with Crippen molar-refractivity contribution in [2.45, 2.75) is 89.3 Å². The summed E-state index contributed by atoms with van der Waals surface area (Å²) in [4.78, 5) is 40.8. The molecule has 3 atom stereocenters. The Labute approximate surface area is 280 Å². The van der Waals surface area contributed by atoms with E-state index in [1.807, 2.05) is 45.0 Å². The molecule has 0 bridgehead atoms. The minimum absolute atomic E-state index is 0.000762. The summed E-state index contributed by atoms with van der Waals surface area (Å²) < 4.78 is 60.9. The van der Waals surface area contributed by atoms with Gasteiger partial charge in [0.15, 0.2) is 9.84 Å². The number of hydrogen-bond donors (Lipinski definition) is 4. The first kappa shape index (κ1) is 38.5. The summed E-state index contributed by atoms with van der Waals surface area (Å²) in [6.45, 7) is 6.17. The summed E-state index contributed by atoms with van der Waals surface area (Å²) in [6, 6.07) is 10.7. The summed E-state index contributed by atoms with van der Waals surface area (Å²) in [6.07, 6.45) is 2.81. The molecular weight excluding hydrogens is 642 g/mol. The Morgan fingerprint density at radius 3 is 2.21 bits per heavy atom. The average molecular weight is 689 g/mol. The second kappa shape index (κ2) is 18.6. The van der Waals surface area contributed by atoms with Gasteiger partial charge < -0.3 is 26.1 Å². The monoisotopic (exact) mass is 688 g/mol. The molecule has 0 fully saturated rings. The number of aryl methyl sites for hydroxylation is 1. The van der Waals surface area contributed by atoms with E-state index in [9.17, 15) is 31.6 Å². The molecule has 1 aromatic heterocycles. The van der Waals surface area contributed by atoms with E-state index in [2.05, 4.69) is 15.6 Å². The van der Waals surface area contributed by atoms with Crippen LogP contribution >= 0.6 is 0 Å². The summed E-state index contributed by atoms with van der Waals surface area (Å²) in [5.74, 6) is -4.13. The molecule has 0 radical (unpaired) electrons. The highest BCUT2D eigenvalue weighted by molar-refractivity contribution is 7.92. The van der Waals surface area contributed by atoms with Gasteiger partial charge in [-0.15, -0.1) is 0 Å². The van der Waals surface area contributed by atoms with Gasteiger partial charge in [-0.25, -0.2) is 22.0 Å². The van der Waals surface area contributed by atoms with Gasteiger partial charge in [0, 0.05) is 37.5 Å². The molecule has 0 aliphatic carbocycles. The standard InChI is InChI=1S/C35H46F2N4O6S/c1-4-8-29(9-5-2)48(45,46)22-31(41-34(43)26-12-13-33(42)40-20-26)35(44)47-32(21-39-19-24-11-7-10-23(6-3)14-24)30(38)17-25-15-27(36)18-28(37)16-25/h7,10-16,18,20,29-32,39H,4-6,8-9,17,19,21-22,38H2,1-3H3,(H,40,42)(H,41,43)/t30-,31?,32+/m0/s1. The lowest BCUT2D eigenvalue weighted by atomic mass is 10.0. The van der Waals surface area contributed by atoms with E-state index in [1.54, 1.807) is 0 Å². The van der Waals surface area contributed by atoms with Crippen molar-refractivity contribution in [2.75, 3.05) is 12.3 Å². The Balaban J connectivity index is 1.90. The highest BCUT2D eigenvalue weighted by atomic mass is 32.2. The molecule has 1 unspecified atom stereocenters. The minimum Gasteiger partial charge on any atom is -0.458 e. The first-order valence-corrected chi connectivity index (χ1v) is 18.0. The lowest BCUT2D eigenvalue weighted by Gasteiger charge is -2.28. The Morgan fingerprint density at radius 2 is 1.60 bits per heavy atom. The molecule has 2 aromatic carbocycles. The van der Waals surface area contributed by atoms with Gasteiger partial charge in [-0.05, 0) is 60.6 Å². The summed E-state index contributed by atoms with van der Waals surface area (Å²) >= 11 is 0. The van der Waals surface area contributed by atoms with Gasteiger partial charge in [-0.1, -0.05) is 57.9 Å². The topological polar surface area (TPSA) is 160 Å². The van der Waals surface area contributed by atoms with Crippen molar-refractivity contribution in [1.29, 1.82) is 0 Å². The van der Waals surface area contributed by atoms with Gasteiger partial charge in [-0.2, -0.15) is 0 Å². The van der Waals surface area contributed by atoms with E-state index in [-0.39, 0.29) is 24.1 Å². The fourth-order valence-corrected chi connectivity index (χ4v) is 7.59. The molecule has 0 saturated carbocycles. The highest BCUT2D eigenvalue weighted by Gasteiger charge is 2.35. The first-order valence-electron chi connectivity index (χ1n) is 16.3. The van der Waals surface area contributed by atoms with Crippen molar-refractivity contribution in [3.63, 3.8) is 0 Å². The van der Waals surface area contributed by atoms with Gasteiger partial charge in [-0.3, -0.25) is 9.59 Å². The number of benzene rings is 2. The molecule has 5 N–H and O–H groups in total. The second-order valence-electron chi connectivity index (χ2n) is 11.9. The maximum absolute atomic E-state index is 14.0. The van der Waals surface area contributed by atoms with Crippen LogP contribution in [0.15, 0.2) is 65.6 Å².